The van der Waals surface area contributed by atoms with E-state index in [2.05, 4.69) is 16.4 Å². The van der Waals surface area contributed by atoms with Gasteiger partial charge in [0, 0.05) is 31.0 Å². The van der Waals surface area contributed by atoms with Crippen LogP contribution in [0.25, 0.3) is 11.1 Å². The quantitative estimate of drug-likeness (QED) is 0.559. The molecule has 0 radical (unpaired) electrons. The average molecular weight is 404 g/mol. The predicted molar refractivity (Wildman–Crippen MR) is 114 cm³/mol. The molecule has 2 atom stereocenters. The summed E-state index contributed by atoms with van der Waals surface area (Å²) >= 11 is 0. The number of rotatable bonds is 7. The van der Waals surface area contributed by atoms with Gasteiger partial charge in [0.2, 0.25) is 0 Å². The molecule has 0 bridgehead atoms. The highest BCUT2D eigenvalue weighted by Gasteiger charge is 2.20. The highest BCUT2D eigenvalue weighted by molar-refractivity contribution is 5.88. The summed E-state index contributed by atoms with van der Waals surface area (Å²) in [7, 11) is 0. The molecule has 154 valence electrons. The number of ether oxygens (including phenoxy) is 1. The van der Waals surface area contributed by atoms with Crippen LogP contribution in [0.1, 0.15) is 34.0 Å². The maximum atomic E-state index is 11.0. The van der Waals surface area contributed by atoms with Gasteiger partial charge >= 0.3 is 5.97 Å². The number of hydrogen-bond acceptors (Lipinski definition) is 5. The van der Waals surface area contributed by atoms with Crippen molar-refractivity contribution in [3.63, 3.8) is 0 Å². The third kappa shape index (κ3) is 4.67. The Morgan fingerprint density at radius 3 is 2.70 bits per heavy atom. The molecule has 30 heavy (non-hydrogen) atoms. The van der Waals surface area contributed by atoms with Crippen LogP contribution in [-0.4, -0.2) is 40.4 Å². The van der Waals surface area contributed by atoms with Gasteiger partial charge in [-0.25, -0.2) is 4.79 Å². The van der Waals surface area contributed by atoms with E-state index < -0.39 is 12.1 Å². The van der Waals surface area contributed by atoms with E-state index in [1.54, 1.807) is 24.5 Å². The minimum absolute atomic E-state index is 0.0549. The lowest BCUT2D eigenvalue weighted by Crippen LogP contribution is -2.36. The van der Waals surface area contributed by atoms with Crippen LogP contribution in [0, 0.1) is 0 Å². The molecule has 1 unspecified atom stereocenters. The van der Waals surface area contributed by atoms with E-state index in [9.17, 15) is 9.90 Å². The zero-order valence-electron chi connectivity index (χ0n) is 16.5. The number of aliphatic hydroxyl groups excluding tert-OH is 1. The summed E-state index contributed by atoms with van der Waals surface area (Å²) in [4.78, 5) is 15.0. The Balaban J connectivity index is 1.34. The van der Waals surface area contributed by atoms with Crippen LogP contribution >= 0.6 is 0 Å². The number of nitrogens with one attached hydrogen (secondary N) is 1. The Hall–Kier alpha value is -3.22. The van der Waals surface area contributed by atoms with E-state index in [-0.39, 0.29) is 11.7 Å². The molecular weight excluding hydrogens is 380 g/mol. The standard InChI is InChI=1S/C24H24N2O4/c27-22(20-2-1-11-25-13-20)15-26-14-21-9-7-19-12-18(8-10-23(19)30-21)16-3-5-17(6-4-16)24(28)29/h1-6,8,10-13,21-22,26-27H,7,9,14-15H2,(H,28,29)/t21?,22-/m0/s1. The number of aliphatic hydroxyl groups is 1. The monoisotopic (exact) mass is 404 g/mol. The number of carboxylic acid groups (broad SMARTS) is 1. The lowest BCUT2D eigenvalue weighted by molar-refractivity contribution is 0.0697. The second kappa shape index (κ2) is 9.07. The maximum Gasteiger partial charge on any atom is 0.335 e. The molecule has 0 aliphatic carbocycles. The van der Waals surface area contributed by atoms with Crippen LogP contribution in [0.2, 0.25) is 0 Å². The molecule has 1 aromatic heterocycles. The van der Waals surface area contributed by atoms with E-state index in [0.29, 0.717) is 13.1 Å². The van der Waals surface area contributed by atoms with E-state index in [1.807, 2.05) is 36.4 Å². The number of pyridine rings is 1. The summed E-state index contributed by atoms with van der Waals surface area (Å²) in [6.07, 6.45) is 4.63. The fourth-order valence-corrected chi connectivity index (χ4v) is 3.65. The van der Waals surface area contributed by atoms with E-state index >= 15 is 0 Å². The zero-order valence-corrected chi connectivity index (χ0v) is 16.5. The molecule has 2 heterocycles. The SMILES string of the molecule is O=C(O)c1ccc(-c2ccc3c(c2)CCC(CNC[C@H](O)c2cccnc2)O3)cc1. The number of benzene rings is 2. The number of carboxylic acids is 1. The van der Waals surface area contributed by atoms with Crippen LogP contribution < -0.4 is 10.1 Å². The number of hydrogen-bond donors (Lipinski definition) is 3. The average Bonchev–Trinajstić information content (AvgIpc) is 2.79. The van der Waals surface area contributed by atoms with Crippen LogP contribution in [0.15, 0.2) is 67.0 Å². The van der Waals surface area contributed by atoms with Crippen molar-refractivity contribution in [2.45, 2.75) is 25.0 Å². The lowest BCUT2D eigenvalue weighted by atomic mass is 9.96. The summed E-state index contributed by atoms with van der Waals surface area (Å²) in [6, 6.07) is 16.7. The number of aromatic carboxylic acids is 1. The van der Waals surface area contributed by atoms with Crippen molar-refractivity contribution in [3.8, 4) is 16.9 Å². The molecule has 0 spiro atoms. The van der Waals surface area contributed by atoms with Crippen molar-refractivity contribution in [2.75, 3.05) is 13.1 Å². The number of carbonyl (C=O) groups is 1. The van der Waals surface area contributed by atoms with E-state index in [1.165, 1.54) is 0 Å². The molecule has 3 aromatic rings. The molecule has 0 saturated carbocycles. The molecule has 1 aliphatic heterocycles. The second-order valence-electron chi connectivity index (χ2n) is 7.44. The fraction of sp³-hybridized carbons (Fsp3) is 0.250. The topological polar surface area (TPSA) is 91.7 Å². The van der Waals surface area contributed by atoms with Crippen molar-refractivity contribution >= 4 is 5.97 Å². The highest BCUT2D eigenvalue weighted by atomic mass is 16.5. The van der Waals surface area contributed by atoms with Crippen molar-refractivity contribution in [2.24, 2.45) is 0 Å². The first kappa shape index (κ1) is 20.1. The summed E-state index contributed by atoms with van der Waals surface area (Å²) in [5.41, 5.74) is 4.26. The lowest BCUT2D eigenvalue weighted by Gasteiger charge is -2.27. The summed E-state index contributed by atoms with van der Waals surface area (Å²) in [5.74, 6) is -0.0419. The van der Waals surface area contributed by atoms with Crippen molar-refractivity contribution in [3.05, 3.63) is 83.7 Å². The van der Waals surface area contributed by atoms with Gasteiger partial charge in [0.1, 0.15) is 11.9 Å². The van der Waals surface area contributed by atoms with Gasteiger partial charge in [-0.15, -0.1) is 0 Å². The highest BCUT2D eigenvalue weighted by Crippen LogP contribution is 2.32. The molecule has 6 heteroatoms. The first-order valence-corrected chi connectivity index (χ1v) is 10.0. The minimum atomic E-state index is -0.923. The molecule has 2 aromatic carbocycles. The van der Waals surface area contributed by atoms with Gasteiger partial charge in [0.25, 0.3) is 0 Å². The zero-order chi connectivity index (χ0) is 20.9. The van der Waals surface area contributed by atoms with Crippen molar-refractivity contribution < 1.29 is 19.7 Å². The maximum absolute atomic E-state index is 11.0. The molecule has 0 fully saturated rings. The number of fused-ring (bicyclic) bond motifs is 1. The third-order valence-electron chi connectivity index (χ3n) is 5.33. The molecule has 6 nitrogen and oxygen atoms in total. The van der Waals surface area contributed by atoms with Crippen LogP contribution in [0.5, 0.6) is 5.75 Å². The smallest absolute Gasteiger partial charge is 0.335 e. The molecular formula is C24H24N2O4. The summed E-state index contributed by atoms with van der Waals surface area (Å²) in [6.45, 7) is 1.11. The second-order valence-corrected chi connectivity index (χ2v) is 7.44. The fourth-order valence-electron chi connectivity index (χ4n) is 3.65. The Morgan fingerprint density at radius 2 is 1.97 bits per heavy atom. The molecule has 3 N–H and O–H groups in total. The van der Waals surface area contributed by atoms with Crippen molar-refractivity contribution in [1.29, 1.82) is 0 Å². The third-order valence-corrected chi connectivity index (χ3v) is 5.33. The van der Waals surface area contributed by atoms with Crippen LogP contribution in [0.3, 0.4) is 0 Å². The first-order chi connectivity index (χ1) is 14.6. The van der Waals surface area contributed by atoms with Gasteiger partial charge in [0.15, 0.2) is 0 Å². The summed E-state index contributed by atoms with van der Waals surface area (Å²) < 4.78 is 6.13. The van der Waals surface area contributed by atoms with Gasteiger partial charge in [0.05, 0.1) is 11.7 Å². The van der Waals surface area contributed by atoms with Gasteiger partial charge in [-0.2, -0.15) is 0 Å². The Bertz CT molecular complexity index is 1010. The summed E-state index contributed by atoms with van der Waals surface area (Å²) in [5, 5.41) is 22.5. The Morgan fingerprint density at radius 1 is 1.17 bits per heavy atom. The normalized spacial score (nSPS) is 16.4. The molecule has 0 amide bonds. The van der Waals surface area contributed by atoms with Crippen molar-refractivity contribution in [1.82, 2.24) is 10.3 Å². The molecule has 4 rings (SSSR count). The molecule has 0 saturated heterocycles. The largest absolute Gasteiger partial charge is 0.489 e. The Kier molecular flexibility index (Phi) is 6.07. The van der Waals surface area contributed by atoms with Gasteiger partial charge < -0.3 is 20.3 Å². The minimum Gasteiger partial charge on any atom is -0.489 e. The van der Waals surface area contributed by atoms with Gasteiger partial charge in [-0.05, 0) is 59.9 Å². The van der Waals surface area contributed by atoms with Crippen LogP contribution in [0.4, 0.5) is 0 Å². The Labute approximate surface area is 175 Å². The van der Waals surface area contributed by atoms with Gasteiger partial charge in [-0.1, -0.05) is 24.3 Å². The van der Waals surface area contributed by atoms with E-state index in [4.69, 9.17) is 9.84 Å². The number of aryl methyl sites for hydroxylation is 1. The first-order valence-electron chi connectivity index (χ1n) is 10.0. The number of nitrogens with zero attached hydrogens (tertiary/aromatic N) is 1. The predicted octanol–water partition coefficient (Wildman–Crippen LogP) is 3.46. The van der Waals surface area contributed by atoms with Gasteiger partial charge in [-0.3, -0.25) is 4.98 Å². The van der Waals surface area contributed by atoms with E-state index in [0.717, 1.165) is 40.8 Å². The number of aromatic nitrogens is 1. The van der Waals surface area contributed by atoms with Crippen LogP contribution in [-0.2, 0) is 6.42 Å². The molecule has 1 aliphatic rings.